The zero-order valence-electron chi connectivity index (χ0n) is 9.76. The van der Waals surface area contributed by atoms with E-state index in [1.54, 1.807) is 16.5 Å². The molecule has 0 radical (unpaired) electrons. The summed E-state index contributed by atoms with van der Waals surface area (Å²) in [6, 6.07) is 11.4. The van der Waals surface area contributed by atoms with Crippen LogP contribution in [-0.4, -0.2) is 14.5 Å². The van der Waals surface area contributed by atoms with Crippen molar-refractivity contribution in [2.75, 3.05) is 0 Å². The van der Waals surface area contributed by atoms with Crippen LogP contribution in [0.25, 0.3) is 16.9 Å². The zero-order valence-corrected chi connectivity index (χ0v) is 10.5. The van der Waals surface area contributed by atoms with Gasteiger partial charge in [0.2, 0.25) is 0 Å². The zero-order chi connectivity index (χ0) is 12.7. The van der Waals surface area contributed by atoms with Gasteiger partial charge in [0, 0.05) is 11.8 Å². The highest BCUT2D eigenvalue weighted by Crippen LogP contribution is 2.31. The Bertz CT molecular complexity index is 734. The molecule has 0 saturated carbocycles. The third-order valence-electron chi connectivity index (χ3n) is 2.88. The molecule has 0 amide bonds. The van der Waals surface area contributed by atoms with E-state index >= 15 is 0 Å². The van der Waals surface area contributed by atoms with Gasteiger partial charge in [-0.1, -0.05) is 35.4 Å². The summed E-state index contributed by atoms with van der Waals surface area (Å²) in [5.41, 5.74) is 2.67. The molecule has 4 heteroatoms. The molecular formula is C14H11ClN2O. The number of halogens is 1. The first-order valence-electron chi connectivity index (χ1n) is 5.59. The molecule has 0 bridgehead atoms. The van der Waals surface area contributed by atoms with Gasteiger partial charge < -0.3 is 5.11 Å². The van der Waals surface area contributed by atoms with Crippen molar-refractivity contribution >= 4 is 17.1 Å². The predicted octanol–water partition coefficient (Wildman–Crippen LogP) is 3.67. The Kier molecular flexibility index (Phi) is 2.49. The highest BCUT2D eigenvalue weighted by molar-refractivity contribution is 6.33. The molecule has 0 spiro atoms. The fourth-order valence-corrected chi connectivity index (χ4v) is 2.33. The number of pyridine rings is 1. The molecule has 0 aliphatic carbocycles. The molecule has 0 atom stereocenters. The summed E-state index contributed by atoms with van der Waals surface area (Å²) in [5, 5.41) is 10.1. The highest BCUT2D eigenvalue weighted by atomic mass is 35.5. The smallest absolute Gasteiger partial charge is 0.159 e. The van der Waals surface area contributed by atoms with Crippen molar-refractivity contribution in [1.82, 2.24) is 9.38 Å². The van der Waals surface area contributed by atoms with E-state index in [4.69, 9.17) is 11.6 Å². The van der Waals surface area contributed by atoms with Crippen LogP contribution in [0.3, 0.4) is 0 Å². The topological polar surface area (TPSA) is 37.5 Å². The van der Waals surface area contributed by atoms with Crippen LogP contribution in [-0.2, 0) is 0 Å². The van der Waals surface area contributed by atoms with Crippen molar-refractivity contribution in [2.45, 2.75) is 6.92 Å². The summed E-state index contributed by atoms with van der Waals surface area (Å²) in [6.07, 6.45) is 1.84. The summed E-state index contributed by atoms with van der Waals surface area (Å²) in [4.78, 5) is 4.33. The second-order valence-corrected chi connectivity index (χ2v) is 4.57. The van der Waals surface area contributed by atoms with Crippen LogP contribution < -0.4 is 0 Å². The molecule has 1 aromatic carbocycles. The minimum Gasteiger partial charge on any atom is -0.506 e. The molecule has 3 aromatic rings. The third kappa shape index (κ3) is 1.64. The minimum atomic E-state index is 0.133. The van der Waals surface area contributed by atoms with Gasteiger partial charge in [-0.2, -0.15) is 0 Å². The maximum absolute atomic E-state index is 9.82. The third-order valence-corrected chi connectivity index (χ3v) is 3.14. The number of rotatable bonds is 1. The van der Waals surface area contributed by atoms with E-state index in [9.17, 15) is 5.11 Å². The van der Waals surface area contributed by atoms with Crippen LogP contribution in [0, 0.1) is 6.92 Å². The van der Waals surface area contributed by atoms with E-state index < -0.39 is 0 Å². The van der Waals surface area contributed by atoms with E-state index in [1.165, 1.54) is 0 Å². The average Bonchev–Trinajstić information content (AvgIpc) is 2.68. The van der Waals surface area contributed by atoms with E-state index in [1.807, 2.05) is 37.4 Å². The van der Waals surface area contributed by atoms with Crippen molar-refractivity contribution in [1.29, 1.82) is 0 Å². The van der Waals surface area contributed by atoms with Crippen molar-refractivity contribution < 1.29 is 5.11 Å². The number of imidazole rings is 1. The van der Waals surface area contributed by atoms with E-state index in [2.05, 4.69) is 4.98 Å². The first kappa shape index (κ1) is 11.1. The highest BCUT2D eigenvalue weighted by Gasteiger charge is 2.13. The maximum atomic E-state index is 9.82. The Morgan fingerprint density at radius 3 is 2.83 bits per heavy atom. The molecule has 0 unspecified atom stereocenters. The molecule has 2 aromatic heterocycles. The number of benzene rings is 1. The lowest BCUT2D eigenvalue weighted by atomic mass is 10.1. The van der Waals surface area contributed by atoms with Gasteiger partial charge in [0.05, 0.1) is 0 Å². The normalized spacial score (nSPS) is 11.0. The minimum absolute atomic E-state index is 0.133. The van der Waals surface area contributed by atoms with Gasteiger partial charge in [0.1, 0.15) is 17.1 Å². The lowest BCUT2D eigenvalue weighted by Gasteiger charge is -2.02. The summed E-state index contributed by atoms with van der Waals surface area (Å²) in [5.74, 6) is 0.864. The predicted molar refractivity (Wildman–Crippen MR) is 72.0 cm³/mol. The monoisotopic (exact) mass is 258 g/mol. The number of nitrogens with zero attached hydrogens (tertiary/aromatic N) is 2. The van der Waals surface area contributed by atoms with Crippen molar-refractivity contribution in [3.8, 4) is 17.1 Å². The summed E-state index contributed by atoms with van der Waals surface area (Å²) in [7, 11) is 0. The number of aryl methyl sites for hydroxylation is 1. The number of aromatic hydroxyl groups is 1. The summed E-state index contributed by atoms with van der Waals surface area (Å²) >= 11 is 6.08. The first-order chi connectivity index (χ1) is 8.66. The second-order valence-electron chi connectivity index (χ2n) is 4.21. The number of hydrogen-bond acceptors (Lipinski definition) is 2. The van der Waals surface area contributed by atoms with Gasteiger partial charge in [-0.25, -0.2) is 4.98 Å². The van der Waals surface area contributed by atoms with Gasteiger partial charge >= 0.3 is 0 Å². The van der Waals surface area contributed by atoms with Crippen LogP contribution >= 0.6 is 11.6 Å². The molecule has 90 valence electrons. The van der Waals surface area contributed by atoms with Crippen molar-refractivity contribution in [2.24, 2.45) is 0 Å². The molecular weight excluding hydrogens is 248 g/mol. The van der Waals surface area contributed by atoms with E-state index in [0.29, 0.717) is 10.7 Å². The summed E-state index contributed by atoms with van der Waals surface area (Å²) in [6.45, 7) is 2.03. The van der Waals surface area contributed by atoms with E-state index in [0.717, 1.165) is 17.0 Å². The fraction of sp³-hybridized carbons (Fsp3) is 0.0714. The lowest BCUT2D eigenvalue weighted by Crippen LogP contribution is -1.89. The van der Waals surface area contributed by atoms with Crippen LogP contribution in [0.5, 0.6) is 5.75 Å². The molecule has 3 nitrogen and oxygen atoms in total. The quantitative estimate of drug-likeness (QED) is 0.723. The van der Waals surface area contributed by atoms with Gasteiger partial charge in [0.15, 0.2) is 5.15 Å². The SMILES string of the molecule is Cc1cccc(-c2nc(Cl)c3c(O)cccn23)c1. The molecule has 0 fully saturated rings. The van der Waals surface area contributed by atoms with Crippen molar-refractivity contribution in [3.63, 3.8) is 0 Å². The molecule has 18 heavy (non-hydrogen) atoms. The van der Waals surface area contributed by atoms with Gasteiger partial charge in [-0.15, -0.1) is 0 Å². The molecule has 2 heterocycles. The number of hydrogen-bond donors (Lipinski definition) is 1. The second kappa shape index (κ2) is 4.03. The largest absolute Gasteiger partial charge is 0.506 e. The van der Waals surface area contributed by atoms with Crippen molar-refractivity contribution in [3.05, 3.63) is 53.3 Å². The number of fused-ring (bicyclic) bond motifs is 1. The Balaban J connectivity index is 2.34. The Morgan fingerprint density at radius 1 is 1.22 bits per heavy atom. The molecule has 0 saturated heterocycles. The van der Waals surface area contributed by atoms with Crippen LogP contribution in [0.2, 0.25) is 5.15 Å². The van der Waals surface area contributed by atoms with Gasteiger partial charge in [-0.05, 0) is 25.1 Å². The van der Waals surface area contributed by atoms with Gasteiger partial charge in [-0.3, -0.25) is 4.40 Å². The maximum Gasteiger partial charge on any atom is 0.159 e. The van der Waals surface area contributed by atoms with Gasteiger partial charge in [0.25, 0.3) is 0 Å². The molecule has 0 aliphatic heterocycles. The molecule has 0 aliphatic rings. The Morgan fingerprint density at radius 2 is 2.06 bits per heavy atom. The summed E-state index contributed by atoms with van der Waals surface area (Å²) < 4.78 is 1.80. The standard InChI is InChI=1S/C14H11ClN2O/c1-9-4-2-5-10(8-9)14-16-13(15)12-11(18)6-3-7-17(12)14/h2-8,18H,1H3. The van der Waals surface area contributed by atoms with E-state index in [-0.39, 0.29) is 5.75 Å². The number of aromatic nitrogens is 2. The first-order valence-corrected chi connectivity index (χ1v) is 5.97. The van der Waals surface area contributed by atoms with Crippen LogP contribution in [0.1, 0.15) is 5.56 Å². The molecule has 1 N–H and O–H groups in total. The Labute approximate surface area is 109 Å². The average molecular weight is 259 g/mol. The lowest BCUT2D eigenvalue weighted by molar-refractivity contribution is 0.479. The molecule has 3 rings (SSSR count). The van der Waals surface area contributed by atoms with Crippen LogP contribution in [0.4, 0.5) is 0 Å². The Hall–Kier alpha value is -2.00. The fourth-order valence-electron chi connectivity index (χ4n) is 2.07. The van der Waals surface area contributed by atoms with Crippen LogP contribution in [0.15, 0.2) is 42.6 Å².